The average Bonchev–Trinajstić information content (AvgIpc) is 3.02. The number of hydrogen-bond acceptors (Lipinski definition) is 5. The van der Waals surface area contributed by atoms with Crippen molar-refractivity contribution in [2.24, 2.45) is 0 Å². The summed E-state index contributed by atoms with van der Waals surface area (Å²) in [4.78, 5) is 16.8. The van der Waals surface area contributed by atoms with Crippen LogP contribution in [0, 0.1) is 0 Å². The van der Waals surface area contributed by atoms with Crippen LogP contribution in [0.25, 0.3) is 21.2 Å². The maximum Gasteiger partial charge on any atom is 0.358 e. The summed E-state index contributed by atoms with van der Waals surface area (Å²) in [7, 11) is 2.97. The molecule has 0 aliphatic rings. The van der Waals surface area contributed by atoms with Crippen LogP contribution in [-0.2, 0) is 4.74 Å². The third-order valence-corrected chi connectivity index (χ3v) is 4.13. The minimum absolute atomic E-state index is 0.317. The molecule has 1 aromatic heterocycles. The summed E-state index contributed by atoms with van der Waals surface area (Å²) < 4.78 is 10.3. The van der Waals surface area contributed by atoms with E-state index in [0.717, 1.165) is 21.2 Å². The van der Waals surface area contributed by atoms with Gasteiger partial charge in [0.15, 0.2) is 5.69 Å². The van der Waals surface area contributed by atoms with E-state index in [1.54, 1.807) is 12.6 Å². The SMILES string of the molecule is COC(=O)c1ncsc1-c1c(OC)ccc2ccccc12. The maximum absolute atomic E-state index is 11.9. The molecule has 0 aliphatic carbocycles. The molecule has 0 aliphatic heterocycles. The van der Waals surface area contributed by atoms with E-state index < -0.39 is 5.97 Å². The number of aromatic nitrogens is 1. The predicted octanol–water partition coefficient (Wildman–Crippen LogP) is 3.76. The minimum Gasteiger partial charge on any atom is -0.496 e. The van der Waals surface area contributed by atoms with Crippen LogP contribution >= 0.6 is 11.3 Å². The molecule has 0 atom stereocenters. The van der Waals surface area contributed by atoms with Crippen LogP contribution in [0.1, 0.15) is 10.5 Å². The molecule has 0 saturated carbocycles. The van der Waals surface area contributed by atoms with Gasteiger partial charge < -0.3 is 9.47 Å². The van der Waals surface area contributed by atoms with Crippen molar-refractivity contribution < 1.29 is 14.3 Å². The van der Waals surface area contributed by atoms with Gasteiger partial charge in [-0.05, 0) is 16.8 Å². The first kappa shape index (κ1) is 13.6. The zero-order valence-electron chi connectivity index (χ0n) is 11.6. The Labute approximate surface area is 126 Å². The molecular formula is C16H13NO3S. The van der Waals surface area contributed by atoms with E-state index in [1.165, 1.54) is 18.4 Å². The van der Waals surface area contributed by atoms with Gasteiger partial charge in [-0.3, -0.25) is 0 Å². The Morgan fingerprint density at radius 1 is 1.14 bits per heavy atom. The minimum atomic E-state index is -0.443. The highest BCUT2D eigenvalue weighted by atomic mass is 32.1. The molecule has 0 saturated heterocycles. The normalized spacial score (nSPS) is 10.6. The molecule has 0 N–H and O–H groups in total. The molecule has 3 aromatic rings. The first-order valence-corrected chi connectivity index (χ1v) is 7.22. The molecule has 2 aromatic carbocycles. The molecule has 1 heterocycles. The third-order valence-electron chi connectivity index (χ3n) is 3.28. The molecule has 106 valence electrons. The van der Waals surface area contributed by atoms with Crippen LogP contribution < -0.4 is 4.74 Å². The highest BCUT2D eigenvalue weighted by molar-refractivity contribution is 7.13. The van der Waals surface area contributed by atoms with Gasteiger partial charge in [0, 0.05) is 5.56 Å². The fourth-order valence-corrected chi connectivity index (χ4v) is 3.16. The smallest absolute Gasteiger partial charge is 0.358 e. The van der Waals surface area contributed by atoms with E-state index in [1.807, 2.05) is 36.4 Å². The lowest BCUT2D eigenvalue weighted by atomic mass is 10.0. The van der Waals surface area contributed by atoms with E-state index in [-0.39, 0.29) is 0 Å². The third kappa shape index (κ3) is 2.25. The summed E-state index contributed by atoms with van der Waals surface area (Å²) in [6.45, 7) is 0. The second-order valence-corrected chi connectivity index (χ2v) is 5.24. The highest BCUT2D eigenvalue weighted by Gasteiger charge is 2.21. The van der Waals surface area contributed by atoms with Gasteiger partial charge in [-0.1, -0.05) is 30.3 Å². The van der Waals surface area contributed by atoms with Gasteiger partial charge >= 0.3 is 5.97 Å². The first-order chi connectivity index (χ1) is 10.3. The number of benzene rings is 2. The van der Waals surface area contributed by atoms with Crippen molar-refractivity contribution in [1.29, 1.82) is 0 Å². The number of esters is 1. The molecule has 21 heavy (non-hydrogen) atoms. The number of nitrogens with zero attached hydrogens (tertiary/aromatic N) is 1. The molecule has 0 unspecified atom stereocenters. The fraction of sp³-hybridized carbons (Fsp3) is 0.125. The Kier molecular flexibility index (Phi) is 3.58. The van der Waals surface area contributed by atoms with Gasteiger partial charge in [0.25, 0.3) is 0 Å². The van der Waals surface area contributed by atoms with Crippen molar-refractivity contribution in [3.63, 3.8) is 0 Å². The number of ether oxygens (including phenoxy) is 2. The Hall–Kier alpha value is -2.40. The molecule has 3 rings (SSSR count). The van der Waals surface area contributed by atoms with Crippen molar-refractivity contribution in [2.75, 3.05) is 14.2 Å². The number of thiazole rings is 1. The zero-order valence-corrected chi connectivity index (χ0v) is 12.4. The second-order valence-electron chi connectivity index (χ2n) is 4.39. The predicted molar refractivity (Wildman–Crippen MR) is 82.9 cm³/mol. The number of carbonyl (C=O) groups excluding carboxylic acids is 1. The van der Waals surface area contributed by atoms with Gasteiger partial charge in [0.1, 0.15) is 5.75 Å². The van der Waals surface area contributed by atoms with Crippen LogP contribution in [0.4, 0.5) is 0 Å². The maximum atomic E-state index is 11.9. The Bertz CT molecular complexity index is 810. The van der Waals surface area contributed by atoms with E-state index in [0.29, 0.717) is 11.4 Å². The van der Waals surface area contributed by atoms with Crippen molar-refractivity contribution in [3.8, 4) is 16.2 Å². The summed E-state index contributed by atoms with van der Waals surface area (Å²) >= 11 is 1.40. The fourth-order valence-electron chi connectivity index (χ4n) is 2.32. The Morgan fingerprint density at radius 3 is 2.71 bits per heavy atom. The molecule has 0 bridgehead atoms. The molecular weight excluding hydrogens is 286 g/mol. The van der Waals surface area contributed by atoms with E-state index in [4.69, 9.17) is 9.47 Å². The van der Waals surface area contributed by atoms with Crippen LogP contribution in [0.15, 0.2) is 41.9 Å². The van der Waals surface area contributed by atoms with Crippen molar-refractivity contribution >= 4 is 28.1 Å². The first-order valence-electron chi connectivity index (χ1n) is 6.34. The molecule has 0 radical (unpaired) electrons. The number of rotatable bonds is 3. The molecule has 0 amide bonds. The van der Waals surface area contributed by atoms with Crippen LogP contribution in [0.3, 0.4) is 0 Å². The molecule has 4 nitrogen and oxygen atoms in total. The Morgan fingerprint density at radius 2 is 1.95 bits per heavy atom. The summed E-state index contributed by atoms with van der Waals surface area (Å²) in [5, 5.41) is 2.10. The van der Waals surface area contributed by atoms with Gasteiger partial charge in [-0.25, -0.2) is 9.78 Å². The van der Waals surface area contributed by atoms with E-state index >= 15 is 0 Å². The largest absolute Gasteiger partial charge is 0.496 e. The van der Waals surface area contributed by atoms with Crippen molar-refractivity contribution in [3.05, 3.63) is 47.6 Å². The van der Waals surface area contributed by atoms with Crippen LogP contribution in [-0.4, -0.2) is 25.2 Å². The van der Waals surface area contributed by atoms with E-state index in [9.17, 15) is 4.79 Å². The van der Waals surface area contributed by atoms with Gasteiger partial charge in [-0.15, -0.1) is 11.3 Å². The summed E-state index contributed by atoms with van der Waals surface area (Å²) in [6.07, 6.45) is 0. The average molecular weight is 299 g/mol. The van der Waals surface area contributed by atoms with Crippen molar-refractivity contribution in [1.82, 2.24) is 4.98 Å². The standard InChI is InChI=1S/C16H13NO3S/c1-19-12-8-7-10-5-3-4-6-11(10)13(12)15-14(16(18)20-2)17-9-21-15/h3-9H,1-2H3. The topological polar surface area (TPSA) is 48.4 Å². The van der Waals surface area contributed by atoms with Gasteiger partial charge in [-0.2, -0.15) is 0 Å². The lowest BCUT2D eigenvalue weighted by molar-refractivity contribution is 0.0596. The van der Waals surface area contributed by atoms with Crippen LogP contribution in [0.5, 0.6) is 5.75 Å². The lowest BCUT2D eigenvalue weighted by Gasteiger charge is -2.11. The number of carbonyl (C=O) groups is 1. The van der Waals surface area contributed by atoms with Crippen molar-refractivity contribution in [2.45, 2.75) is 0 Å². The monoisotopic (exact) mass is 299 g/mol. The Balaban J connectivity index is 2.34. The van der Waals surface area contributed by atoms with Gasteiger partial charge in [0.2, 0.25) is 0 Å². The second kappa shape index (κ2) is 5.54. The molecule has 5 heteroatoms. The highest BCUT2D eigenvalue weighted by Crippen LogP contribution is 2.40. The summed E-state index contributed by atoms with van der Waals surface area (Å²) in [5.41, 5.74) is 2.83. The zero-order chi connectivity index (χ0) is 14.8. The van der Waals surface area contributed by atoms with E-state index in [2.05, 4.69) is 4.98 Å². The quantitative estimate of drug-likeness (QED) is 0.691. The summed E-state index contributed by atoms with van der Waals surface area (Å²) in [5.74, 6) is 0.268. The molecule has 0 fully saturated rings. The number of methoxy groups -OCH3 is 2. The van der Waals surface area contributed by atoms with Crippen LogP contribution in [0.2, 0.25) is 0 Å². The lowest BCUT2D eigenvalue weighted by Crippen LogP contribution is -2.03. The summed E-state index contributed by atoms with van der Waals surface area (Å²) in [6, 6.07) is 11.9. The number of fused-ring (bicyclic) bond motifs is 1. The molecule has 0 spiro atoms. The number of hydrogen-bond donors (Lipinski definition) is 0. The van der Waals surface area contributed by atoms with Gasteiger partial charge in [0.05, 0.1) is 24.6 Å².